The van der Waals surface area contributed by atoms with Gasteiger partial charge in [-0.05, 0) is 36.8 Å². The van der Waals surface area contributed by atoms with E-state index in [0.29, 0.717) is 0 Å². The highest BCUT2D eigenvalue weighted by Crippen LogP contribution is 2.33. The van der Waals surface area contributed by atoms with Crippen LogP contribution in [-0.4, -0.2) is 81.5 Å². The first kappa shape index (κ1) is 28.6. The molecule has 7 nitrogen and oxygen atoms in total. The highest BCUT2D eigenvalue weighted by atomic mass is 19.4. The van der Waals surface area contributed by atoms with E-state index in [9.17, 15) is 26.3 Å². The summed E-state index contributed by atoms with van der Waals surface area (Å²) in [5, 5.41) is 14.2. The summed E-state index contributed by atoms with van der Waals surface area (Å²) in [7, 11) is 0. The number of alkyl halides is 6. The van der Waals surface area contributed by atoms with Crippen molar-refractivity contribution in [3.8, 4) is 0 Å². The first-order chi connectivity index (χ1) is 15.1. The van der Waals surface area contributed by atoms with E-state index >= 15 is 0 Å². The summed E-state index contributed by atoms with van der Waals surface area (Å²) in [6.07, 6.45) is -5.04. The number of carboxylic acid groups (broad SMARTS) is 2. The van der Waals surface area contributed by atoms with E-state index < -0.39 is 24.3 Å². The first-order valence-electron chi connectivity index (χ1n) is 10.1. The van der Waals surface area contributed by atoms with Gasteiger partial charge < -0.3 is 15.1 Å². The molecule has 0 amide bonds. The number of nitrogens with zero attached hydrogens (tertiary/aromatic N) is 3. The molecule has 1 aromatic rings. The average molecular weight is 487 g/mol. The zero-order chi connectivity index (χ0) is 25.4. The molecule has 2 saturated heterocycles. The SMILES string of the molecule is CCC(C)N1C[C@H]2CN(Cc3cccnc3)C[C@H]2C1.O=C(O)C(F)(F)F.O=C(O)C(F)(F)F. The largest absolute Gasteiger partial charge is 0.490 e. The standard InChI is InChI=1S/C16H25N3.2C2HF3O2/c1-3-13(2)19-11-15-9-18(10-16(15)12-19)8-14-5-4-6-17-7-14;2*3-2(4,5)1(6)7/h4-7,13,15-16H,3,8-12H2,1-2H3;2*(H,6,7)/t13?,15-,16+;;. The Labute approximate surface area is 187 Å². The highest BCUT2D eigenvalue weighted by Gasteiger charge is 2.41. The molecule has 2 aliphatic rings. The van der Waals surface area contributed by atoms with Gasteiger partial charge in [-0.25, -0.2) is 9.59 Å². The smallest absolute Gasteiger partial charge is 0.475 e. The van der Waals surface area contributed by atoms with Gasteiger partial charge in [-0.2, -0.15) is 26.3 Å². The zero-order valence-corrected chi connectivity index (χ0v) is 18.1. The number of carboxylic acids is 2. The molecule has 1 aromatic heterocycles. The Morgan fingerprint density at radius 3 is 1.82 bits per heavy atom. The molecule has 188 valence electrons. The summed E-state index contributed by atoms with van der Waals surface area (Å²) in [4.78, 5) is 27.3. The second-order valence-electron chi connectivity index (χ2n) is 7.89. The molecule has 0 aromatic carbocycles. The van der Waals surface area contributed by atoms with Gasteiger partial charge in [0.15, 0.2) is 0 Å². The Balaban J connectivity index is 0.000000324. The summed E-state index contributed by atoms with van der Waals surface area (Å²) in [5.41, 5.74) is 1.35. The molecule has 3 heterocycles. The van der Waals surface area contributed by atoms with E-state index in [0.717, 1.165) is 24.4 Å². The quantitative estimate of drug-likeness (QED) is 0.628. The molecular weight excluding hydrogens is 460 g/mol. The van der Waals surface area contributed by atoms with Crippen LogP contribution in [0, 0.1) is 11.8 Å². The Kier molecular flexibility index (Phi) is 10.6. The third kappa shape index (κ3) is 9.95. The third-order valence-electron chi connectivity index (χ3n) is 5.42. The van der Waals surface area contributed by atoms with Crippen LogP contribution in [0.1, 0.15) is 25.8 Å². The maximum absolute atomic E-state index is 10.6. The van der Waals surface area contributed by atoms with Crippen molar-refractivity contribution in [1.82, 2.24) is 14.8 Å². The summed E-state index contributed by atoms with van der Waals surface area (Å²) in [6.45, 7) is 10.9. The van der Waals surface area contributed by atoms with E-state index in [1.165, 1.54) is 38.2 Å². The Morgan fingerprint density at radius 1 is 1.03 bits per heavy atom. The molecule has 0 saturated carbocycles. The van der Waals surface area contributed by atoms with Crippen molar-refractivity contribution >= 4 is 11.9 Å². The van der Waals surface area contributed by atoms with Crippen molar-refractivity contribution in [3.05, 3.63) is 30.1 Å². The number of pyridine rings is 1. The fourth-order valence-electron chi connectivity index (χ4n) is 3.62. The molecule has 0 bridgehead atoms. The van der Waals surface area contributed by atoms with Gasteiger partial charge in [0.05, 0.1) is 0 Å². The molecule has 2 fully saturated rings. The maximum atomic E-state index is 10.6. The van der Waals surface area contributed by atoms with Crippen LogP contribution in [-0.2, 0) is 16.1 Å². The van der Waals surface area contributed by atoms with Crippen molar-refractivity contribution in [2.24, 2.45) is 11.8 Å². The van der Waals surface area contributed by atoms with Crippen LogP contribution in [0.15, 0.2) is 24.5 Å². The molecular formula is C20H27F6N3O4. The molecule has 0 spiro atoms. The Hall–Kier alpha value is -2.41. The fourth-order valence-corrected chi connectivity index (χ4v) is 3.62. The second-order valence-corrected chi connectivity index (χ2v) is 7.89. The van der Waals surface area contributed by atoms with Gasteiger partial charge in [-0.15, -0.1) is 0 Å². The third-order valence-corrected chi connectivity index (χ3v) is 5.42. The van der Waals surface area contributed by atoms with Gasteiger partial charge in [0.1, 0.15) is 0 Å². The van der Waals surface area contributed by atoms with Crippen molar-refractivity contribution in [3.63, 3.8) is 0 Å². The normalized spacial score (nSPS) is 21.8. The number of aliphatic carboxylic acids is 2. The predicted molar refractivity (Wildman–Crippen MR) is 105 cm³/mol. The summed E-state index contributed by atoms with van der Waals surface area (Å²) >= 11 is 0. The monoisotopic (exact) mass is 487 g/mol. The minimum atomic E-state index is -5.08. The van der Waals surface area contributed by atoms with Gasteiger partial charge in [0, 0.05) is 51.2 Å². The predicted octanol–water partition coefficient (Wildman–Crippen LogP) is 3.51. The van der Waals surface area contributed by atoms with Crippen LogP contribution in [0.25, 0.3) is 0 Å². The molecule has 33 heavy (non-hydrogen) atoms. The van der Waals surface area contributed by atoms with E-state index in [2.05, 4.69) is 34.7 Å². The van der Waals surface area contributed by atoms with Gasteiger partial charge in [-0.3, -0.25) is 9.88 Å². The van der Waals surface area contributed by atoms with Crippen molar-refractivity contribution in [2.45, 2.75) is 45.2 Å². The number of likely N-dealkylation sites (tertiary alicyclic amines) is 2. The van der Waals surface area contributed by atoms with Crippen LogP contribution in [0.5, 0.6) is 0 Å². The minimum Gasteiger partial charge on any atom is -0.475 e. The molecule has 1 unspecified atom stereocenters. The van der Waals surface area contributed by atoms with Gasteiger partial charge in [-0.1, -0.05) is 13.0 Å². The van der Waals surface area contributed by atoms with Gasteiger partial charge in [0.25, 0.3) is 0 Å². The Bertz CT molecular complexity index is 722. The fraction of sp³-hybridized carbons (Fsp3) is 0.650. The number of aromatic nitrogens is 1. The molecule has 2 N–H and O–H groups in total. The lowest BCUT2D eigenvalue weighted by Gasteiger charge is -2.25. The number of hydrogen-bond donors (Lipinski definition) is 2. The van der Waals surface area contributed by atoms with Crippen molar-refractivity contribution < 1.29 is 46.1 Å². The van der Waals surface area contributed by atoms with E-state index in [1.54, 1.807) is 0 Å². The minimum absolute atomic E-state index is 0.761. The molecule has 0 radical (unpaired) electrons. The molecule has 2 aliphatic heterocycles. The van der Waals surface area contributed by atoms with Crippen LogP contribution < -0.4 is 0 Å². The van der Waals surface area contributed by atoms with Gasteiger partial charge in [0.2, 0.25) is 0 Å². The van der Waals surface area contributed by atoms with Crippen LogP contribution in [0.2, 0.25) is 0 Å². The molecule has 3 atom stereocenters. The number of fused-ring (bicyclic) bond motifs is 1. The van der Waals surface area contributed by atoms with E-state index in [1.807, 2.05) is 18.5 Å². The molecule has 3 rings (SSSR count). The van der Waals surface area contributed by atoms with Crippen LogP contribution in [0.4, 0.5) is 26.3 Å². The van der Waals surface area contributed by atoms with Crippen molar-refractivity contribution in [1.29, 1.82) is 0 Å². The zero-order valence-electron chi connectivity index (χ0n) is 18.1. The second kappa shape index (κ2) is 12.2. The topological polar surface area (TPSA) is 94.0 Å². The van der Waals surface area contributed by atoms with Crippen LogP contribution in [0.3, 0.4) is 0 Å². The lowest BCUT2D eigenvalue weighted by Crippen LogP contribution is -2.34. The van der Waals surface area contributed by atoms with Crippen molar-refractivity contribution in [2.75, 3.05) is 26.2 Å². The van der Waals surface area contributed by atoms with E-state index in [4.69, 9.17) is 19.8 Å². The summed E-state index contributed by atoms with van der Waals surface area (Å²) in [5.74, 6) is -3.73. The van der Waals surface area contributed by atoms with Gasteiger partial charge >= 0.3 is 24.3 Å². The number of carbonyl (C=O) groups is 2. The average Bonchev–Trinajstić information content (AvgIpc) is 3.26. The summed E-state index contributed by atoms with van der Waals surface area (Å²) in [6, 6.07) is 4.99. The lowest BCUT2D eigenvalue weighted by molar-refractivity contribution is -0.193. The molecule has 13 heteroatoms. The number of rotatable bonds is 4. The highest BCUT2D eigenvalue weighted by molar-refractivity contribution is 5.73. The molecule has 0 aliphatic carbocycles. The van der Waals surface area contributed by atoms with E-state index in [-0.39, 0.29) is 0 Å². The van der Waals surface area contributed by atoms with Crippen LogP contribution >= 0.6 is 0 Å². The number of hydrogen-bond acceptors (Lipinski definition) is 5. The Morgan fingerprint density at radius 2 is 1.48 bits per heavy atom. The first-order valence-corrected chi connectivity index (χ1v) is 10.1. The maximum Gasteiger partial charge on any atom is 0.490 e. The lowest BCUT2D eigenvalue weighted by atomic mass is 10.0. The number of halogens is 6. The summed E-state index contributed by atoms with van der Waals surface area (Å²) < 4.78 is 63.5.